The summed E-state index contributed by atoms with van der Waals surface area (Å²) in [5, 5.41) is 0. The van der Waals surface area contributed by atoms with Crippen LogP contribution >= 0.6 is 11.6 Å². The van der Waals surface area contributed by atoms with Crippen LogP contribution in [0.25, 0.3) is 0 Å². The van der Waals surface area contributed by atoms with Crippen LogP contribution in [-0.4, -0.2) is 13.1 Å². The number of hydrogen-bond acceptors (Lipinski definition) is 1. The average molecular weight is 252 g/mol. The van der Waals surface area contributed by atoms with E-state index in [1.807, 2.05) is 0 Å². The van der Waals surface area contributed by atoms with Gasteiger partial charge in [-0.05, 0) is 55.9 Å². The molecule has 1 aromatic rings. The fourth-order valence-corrected chi connectivity index (χ4v) is 2.73. The predicted molar refractivity (Wildman–Crippen MR) is 76.0 cm³/mol. The molecule has 1 aliphatic rings. The van der Waals surface area contributed by atoms with Crippen LogP contribution in [0, 0.1) is 12.8 Å². The molecule has 0 aliphatic heterocycles. The Morgan fingerprint density at radius 2 is 2.12 bits per heavy atom. The third kappa shape index (κ3) is 2.95. The van der Waals surface area contributed by atoms with Gasteiger partial charge in [-0.25, -0.2) is 0 Å². The second-order valence-corrected chi connectivity index (χ2v) is 5.35. The molecule has 0 bridgehead atoms. The number of nitrogens with zero attached hydrogens (tertiary/aromatic N) is 1. The van der Waals surface area contributed by atoms with Crippen molar-refractivity contribution in [1.82, 2.24) is 0 Å². The van der Waals surface area contributed by atoms with E-state index in [4.69, 9.17) is 11.6 Å². The summed E-state index contributed by atoms with van der Waals surface area (Å²) in [6.45, 7) is 6.70. The number of rotatable bonds is 5. The molecule has 1 nitrogen and oxygen atoms in total. The summed E-state index contributed by atoms with van der Waals surface area (Å²) in [4.78, 5) is 2.49. The largest absolute Gasteiger partial charge is 0.372 e. The molecule has 1 aromatic carbocycles. The maximum atomic E-state index is 5.90. The third-order valence-electron chi connectivity index (χ3n) is 3.92. The number of benzene rings is 1. The molecule has 1 fully saturated rings. The molecule has 0 spiro atoms. The smallest absolute Gasteiger partial charge is 0.0476 e. The minimum absolute atomic E-state index is 0.612. The van der Waals surface area contributed by atoms with Gasteiger partial charge in [0.15, 0.2) is 0 Å². The lowest BCUT2D eigenvalue weighted by molar-refractivity contribution is 0.318. The van der Waals surface area contributed by atoms with Gasteiger partial charge in [0.1, 0.15) is 0 Å². The van der Waals surface area contributed by atoms with Crippen LogP contribution in [0.5, 0.6) is 0 Å². The summed E-state index contributed by atoms with van der Waals surface area (Å²) < 4.78 is 0. The van der Waals surface area contributed by atoms with Crippen molar-refractivity contribution in [1.29, 1.82) is 0 Å². The topological polar surface area (TPSA) is 3.24 Å². The van der Waals surface area contributed by atoms with Gasteiger partial charge in [0.05, 0.1) is 0 Å². The Morgan fingerprint density at radius 3 is 2.59 bits per heavy atom. The lowest BCUT2D eigenvalue weighted by atomic mass is 9.85. The number of hydrogen-bond donors (Lipinski definition) is 0. The molecule has 0 radical (unpaired) electrons. The quantitative estimate of drug-likeness (QED) is 0.703. The van der Waals surface area contributed by atoms with Crippen molar-refractivity contribution in [3.63, 3.8) is 0 Å². The molecule has 94 valence electrons. The normalized spacial score (nSPS) is 15.7. The first kappa shape index (κ1) is 12.8. The van der Waals surface area contributed by atoms with E-state index in [0.717, 1.165) is 12.5 Å². The highest BCUT2D eigenvalue weighted by Gasteiger charge is 2.20. The number of alkyl halides is 1. The van der Waals surface area contributed by atoms with Crippen molar-refractivity contribution in [2.75, 3.05) is 18.0 Å². The standard InChI is InChI=1S/C15H22ClN/c1-3-17(11-13-5-4-6-13)15-8-7-14(10-16)12(2)9-15/h7-9,13H,3-6,10-11H2,1-2H3. The first-order chi connectivity index (χ1) is 8.24. The van der Waals surface area contributed by atoms with Crippen LogP contribution in [0.1, 0.15) is 37.3 Å². The van der Waals surface area contributed by atoms with E-state index >= 15 is 0 Å². The molecule has 17 heavy (non-hydrogen) atoms. The van der Waals surface area contributed by atoms with Crippen molar-refractivity contribution in [3.8, 4) is 0 Å². The molecule has 1 saturated carbocycles. The Kier molecular flexibility index (Phi) is 4.33. The second-order valence-electron chi connectivity index (χ2n) is 5.08. The first-order valence-electron chi connectivity index (χ1n) is 6.65. The first-order valence-corrected chi connectivity index (χ1v) is 7.18. The van der Waals surface area contributed by atoms with Crippen LogP contribution < -0.4 is 4.90 Å². The van der Waals surface area contributed by atoms with E-state index < -0.39 is 0 Å². The molecule has 0 saturated heterocycles. The number of aryl methyl sites for hydroxylation is 1. The van der Waals surface area contributed by atoms with Gasteiger partial charge >= 0.3 is 0 Å². The van der Waals surface area contributed by atoms with Gasteiger partial charge in [-0.2, -0.15) is 0 Å². The summed E-state index contributed by atoms with van der Waals surface area (Å²) in [6, 6.07) is 6.66. The zero-order valence-electron chi connectivity index (χ0n) is 10.9. The minimum atomic E-state index is 0.612. The van der Waals surface area contributed by atoms with Crippen LogP contribution in [0.15, 0.2) is 18.2 Å². The Morgan fingerprint density at radius 1 is 1.35 bits per heavy atom. The van der Waals surface area contributed by atoms with Gasteiger partial charge in [0, 0.05) is 24.7 Å². The highest BCUT2D eigenvalue weighted by molar-refractivity contribution is 6.17. The summed E-state index contributed by atoms with van der Waals surface area (Å²) in [5.41, 5.74) is 3.91. The minimum Gasteiger partial charge on any atom is -0.372 e. The van der Waals surface area contributed by atoms with E-state index in [1.165, 1.54) is 42.6 Å². The third-order valence-corrected chi connectivity index (χ3v) is 4.21. The summed E-state index contributed by atoms with van der Waals surface area (Å²) in [7, 11) is 0. The highest BCUT2D eigenvalue weighted by atomic mass is 35.5. The summed E-state index contributed by atoms with van der Waals surface area (Å²) in [5.74, 6) is 1.53. The Hall–Kier alpha value is -0.690. The molecule has 0 heterocycles. The fraction of sp³-hybridized carbons (Fsp3) is 0.600. The second kappa shape index (κ2) is 5.77. The van der Waals surface area contributed by atoms with E-state index in [9.17, 15) is 0 Å². The maximum absolute atomic E-state index is 5.90. The zero-order valence-corrected chi connectivity index (χ0v) is 11.6. The van der Waals surface area contributed by atoms with E-state index in [0.29, 0.717) is 5.88 Å². The zero-order chi connectivity index (χ0) is 12.3. The van der Waals surface area contributed by atoms with Gasteiger partial charge in [0.2, 0.25) is 0 Å². The number of anilines is 1. The average Bonchev–Trinajstić information content (AvgIpc) is 2.28. The Balaban J connectivity index is 2.09. The van der Waals surface area contributed by atoms with E-state index in [-0.39, 0.29) is 0 Å². The monoisotopic (exact) mass is 251 g/mol. The van der Waals surface area contributed by atoms with Crippen molar-refractivity contribution in [2.24, 2.45) is 5.92 Å². The van der Waals surface area contributed by atoms with Crippen molar-refractivity contribution >= 4 is 17.3 Å². The molecule has 2 rings (SSSR count). The van der Waals surface area contributed by atoms with E-state index in [2.05, 4.69) is 36.9 Å². The van der Waals surface area contributed by atoms with Crippen molar-refractivity contribution in [2.45, 2.75) is 39.0 Å². The SMILES string of the molecule is CCN(CC1CCC1)c1ccc(CCl)c(C)c1. The van der Waals surface area contributed by atoms with Crippen molar-refractivity contribution < 1.29 is 0 Å². The Bertz CT molecular complexity index is 371. The molecule has 1 aliphatic carbocycles. The summed E-state index contributed by atoms with van der Waals surface area (Å²) >= 11 is 5.90. The Labute approximate surface area is 110 Å². The molecule has 0 unspecified atom stereocenters. The van der Waals surface area contributed by atoms with Gasteiger partial charge < -0.3 is 4.90 Å². The van der Waals surface area contributed by atoms with Gasteiger partial charge in [0.25, 0.3) is 0 Å². The molecular weight excluding hydrogens is 230 g/mol. The molecular formula is C15H22ClN. The summed E-state index contributed by atoms with van der Waals surface area (Å²) in [6.07, 6.45) is 4.25. The van der Waals surface area contributed by atoms with Crippen molar-refractivity contribution in [3.05, 3.63) is 29.3 Å². The fourth-order valence-electron chi connectivity index (χ4n) is 2.43. The number of halogens is 1. The van der Waals surface area contributed by atoms with E-state index in [1.54, 1.807) is 0 Å². The maximum Gasteiger partial charge on any atom is 0.0476 e. The highest BCUT2D eigenvalue weighted by Crippen LogP contribution is 2.29. The lowest BCUT2D eigenvalue weighted by Gasteiger charge is -2.33. The molecule has 2 heteroatoms. The van der Waals surface area contributed by atoms with Crippen LogP contribution in [0.3, 0.4) is 0 Å². The van der Waals surface area contributed by atoms with Crippen LogP contribution in [0.4, 0.5) is 5.69 Å². The van der Waals surface area contributed by atoms with Gasteiger partial charge in [-0.3, -0.25) is 0 Å². The van der Waals surface area contributed by atoms with Gasteiger partial charge in [-0.1, -0.05) is 12.5 Å². The predicted octanol–water partition coefficient (Wildman–Crippen LogP) is 4.36. The van der Waals surface area contributed by atoms with Crippen LogP contribution in [0.2, 0.25) is 0 Å². The van der Waals surface area contributed by atoms with Crippen LogP contribution in [-0.2, 0) is 5.88 Å². The molecule has 0 aromatic heterocycles. The molecule has 0 atom stereocenters. The lowest BCUT2D eigenvalue weighted by Crippen LogP contribution is -2.32. The molecule has 0 amide bonds. The van der Waals surface area contributed by atoms with Gasteiger partial charge in [-0.15, -0.1) is 11.6 Å². The molecule has 0 N–H and O–H groups in total.